The van der Waals surface area contributed by atoms with Crippen molar-refractivity contribution in [3.63, 3.8) is 0 Å². The predicted octanol–water partition coefficient (Wildman–Crippen LogP) is -3.80. The van der Waals surface area contributed by atoms with Crippen molar-refractivity contribution in [1.29, 1.82) is 0 Å². The number of hydrogen-bond donors (Lipinski definition) is 6. The van der Waals surface area contributed by atoms with Crippen LogP contribution in [0.4, 0.5) is 11.8 Å². The van der Waals surface area contributed by atoms with Crippen molar-refractivity contribution in [3.05, 3.63) is 16.8 Å². The number of rotatable bonds is 7. The molecule has 0 spiro atoms. The molecule has 5 atom stereocenters. The third kappa shape index (κ3) is 5.78. The van der Waals surface area contributed by atoms with Crippen LogP contribution in [0.5, 0.6) is 0 Å². The van der Waals surface area contributed by atoms with Gasteiger partial charge in [-0.25, -0.2) is 24.1 Å². The molecule has 3 heterocycles. The Balaban J connectivity index is 0.00000341. The van der Waals surface area contributed by atoms with E-state index < -0.39 is 46.8 Å². The molecule has 1 fully saturated rings. The van der Waals surface area contributed by atoms with Crippen molar-refractivity contribution in [2.75, 3.05) is 12.3 Å². The second kappa shape index (κ2) is 9.74. The summed E-state index contributed by atoms with van der Waals surface area (Å²) in [7, 11) is -10.6. The van der Waals surface area contributed by atoms with Gasteiger partial charge in [0.05, 0.1) is 6.61 Å². The number of hydrogen-bond acceptors (Lipinski definition) is 12. The van der Waals surface area contributed by atoms with Crippen LogP contribution in [0, 0.1) is 0 Å². The van der Waals surface area contributed by atoms with Gasteiger partial charge in [-0.1, -0.05) is 0 Å². The smallest absolute Gasteiger partial charge is 0.387 e. The number of nitrogens with two attached hydrogens (primary N) is 1. The van der Waals surface area contributed by atoms with E-state index in [1.807, 2.05) is 0 Å². The van der Waals surface area contributed by atoms with Crippen molar-refractivity contribution < 1.29 is 77.2 Å². The first-order valence-corrected chi connectivity index (χ1v) is 10.8. The van der Waals surface area contributed by atoms with Gasteiger partial charge in [0.2, 0.25) is 5.95 Å². The Morgan fingerprint density at radius 2 is 1.97 bits per heavy atom. The summed E-state index contributed by atoms with van der Waals surface area (Å²) in [4.78, 5) is 40.7. The molecule has 31 heavy (non-hydrogen) atoms. The number of nitrogens with zero attached hydrogens (tertiary/aromatic N) is 7. The average Bonchev–Trinajstić information content (AvgIpc) is 3.11. The zero-order valence-corrected chi connectivity index (χ0v) is 19.3. The summed E-state index contributed by atoms with van der Waals surface area (Å²) in [5.41, 5.74) is 14.4. The number of imidazole rings is 1. The fraction of sp³-hybridized carbons (Fsp3) is 0.500. The molecule has 0 radical (unpaired) electrons. The molecule has 1 aliphatic rings. The van der Waals surface area contributed by atoms with Gasteiger partial charge in [0.25, 0.3) is 0 Å². The number of fused-ring (bicyclic) bond motifs is 1. The normalized spacial score (nSPS) is 25.6. The van der Waals surface area contributed by atoms with Crippen molar-refractivity contribution in [2.45, 2.75) is 24.5 Å². The van der Waals surface area contributed by atoms with E-state index in [1.165, 1.54) is 0 Å². The number of aliphatic hydroxyl groups is 2. The molecule has 18 nitrogen and oxygen atoms in total. The molecule has 2 aromatic rings. The summed E-state index contributed by atoms with van der Waals surface area (Å²) >= 11 is 0. The van der Waals surface area contributed by atoms with Crippen molar-refractivity contribution in [2.24, 2.45) is 5.11 Å². The zero-order chi connectivity index (χ0) is 22.3. The fourth-order valence-corrected chi connectivity index (χ4v) is 4.26. The van der Waals surface area contributed by atoms with E-state index in [2.05, 4.69) is 33.8 Å². The second-order valence-corrected chi connectivity index (χ2v) is 8.61. The molecule has 164 valence electrons. The maximum atomic E-state index is 11.6. The first-order valence-electron chi connectivity index (χ1n) is 7.73. The third-order valence-electron chi connectivity index (χ3n) is 3.82. The van der Waals surface area contributed by atoms with E-state index in [0.29, 0.717) is 0 Å². The maximum Gasteiger partial charge on any atom is 1.00 e. The summed E-state index contributed by atoms with van der Waals surface area (Å²) in [6, 6.07) is 0. The Morgan fingerprint density at radius 1 is 1.29 bits per heavy atom. The first kappa shape index (κ1) is 26.1. The van der Waals surface area contributed by atoms with E-state index in [-0.39, 0.29) is 52.5 Å². The number of aliphatic hydroxyl groups excluding tert-OH is 2. The van der Waals surface area contributed by atoms with E-state index >= 15 is 0 Å². The Kier molecular flexibility index (Phi) is 8.19. The summed E-state index contributed by atoms with van der Waals surface area (Å²) in [5.74, 6) is -0.410. The zero-order valence-electron chi connectivity index (χ0n) is 15.5. The molecule has 0 amide bonds. The van der Waals surface area contributed by atoms with Gasteiger partial charge in [0.1, 0.15) is 24.6 Å². The number of anilines is 1. The molecule has 1 aliphatic heterocycles. The molecule has 0 bridgehead atoms. The molecule has 0 saturated carbocycles. The monoisotopic (exact) mass is 491 g/mol. The molecule has 2 aromatic heterocycles. The molecular weight excluding hydrogens is 477 g/mol. The molecule has 0 aliphatic carbocycles. The molecule has 5 unspecified atom stereocenters. The predicted molar refractivity (Wildman–Crippen MR) is 93.4 cm³/mol. The van der Waals surface area contributed by atoms with Crippen LogP contribution in [0.25, 0.3) is 21.6 Å². The Labute approximate surface area is 193 Å². The van der Waals surface area contributed by atoms with Crippen LogP contribution >= 0.6 is 15.6 Å². The minimum absolute atomic E-state index is 0. The maximum absolute atomic E-state index is 11.6. The van der Waals surface area contributed by atoms with Crippen LogP contribution < -0.4 is 35.3 Å². The Bertz CT molecular complexity index is 1100. The minimum atomic E-state index is -5.35. The Hall–Kier alpha value is -1.20. The van der Waals surface area contributed by atoms with E-state index in [9.17, 15) is 24.2 Å². The second-order valence-electron chi connectivity index (χ2n) is 5.79. The molecule has 7 N–H and O–H groups in total. The Morgan fingerprint density at radius 3 is 2.58 bits per heavy atom. The van der Waals surface area contributed by atoms with Gasteiger partial charge in [-0.2, -0.15) is 4.31 Å². The van der Waals surface area contributed by atoms with Gasteiger partial charge < -0.3 is 35.4 Å². The molecule has 0 aromatic carbocycles. The summed E-state index contributed by atoms with van der Waals surface area (Å²) < 4.78 is 36.7. The van der Waals surface area contributed by atoms with Gasteiger partial charge in [0.15, 0.2) is 23.2 Å². The van der Waals surface area contributed by atoms with Gasteiger partial charge in [-0.3, -0.25) is 9.09 Å². The first-order chi connectivity index (χ1) is 13.9. The quantitative estimate of drug-likeness (QED) is 0.0712. The van der Waals surface area contributed by atoms with Gasteiger partial charge in [-0.15, -0.1) is 0 Å². The number of aromatic nitrogens is 4. The fourth-order valence-electron chi connectivity index (χ4n) is 2.67. The third-order valence-corrected chi connectivity index (χ3v) is 5.98. The van der Waals surface area contributed by atoms with E-state index in [4.69, 9.17) is 25.8 Å². The standard InChI is InChI=1S/C10H14N8O10P2.Na/c11-7-4-8(14-2-13-7)18(10(15-4)16-17-12)9-6(20)5(19)3(27-9)1-26-30(24,25)28-29(21,22)23;/h2-3,5-6,9,19-20H,1H2,(H,24,25)(H2,11,13,14)(H2,21,22,23);/q;+1. The topological polar surface area (TPSA) is 281 Å². The van der Waals surface area contributed by atoms with Crippen LogP contribution in [0.2, 0.25) is 0 Å². The SMILES string of the molecule is [N-]=[N+]=Nc1nc2c(N)ncnc2n1C1OC(COP(=O)(O)OP(=O)(O)O)C(O)C1O.[Na+]. The number of phosphoric ester groups is 1. The van der Waals surface area contributed by atoms with Crippen molar-refractivity contribution in [3.8, 4) is 0 Å². The summed E-state index contributed by atoms with van der Waals surface area (Å²) in [5, 5.41) is 23.9. The van der Waals surface area contributed by atoms with Crippen LogP contribution in [-0.4, -0.2) is 69.3 Å². The van der Waals surface area contributed by atoms with Crippen LogP contribution in [-0.2, 0) is 22.7 Å². The van der Waals surface area contributed by atoms with Gasteiger partial charge in [-0.05, 0) is 10.6 Å². The number of azide groups is 1. The molecule has 21 heteroatoms. The van der Waals surface area contributed by atoms with Crippen LogP contribution in [0.1, 0.15) is 6.23 Å². The molecule has 1 saturated heterocycles. The van der Waals surface area contributed by atoms with Gasteiger partial charge >= 0.3 is 45.2 Å². The minimum Gasteiger partial charge on any atom is -0.387 e. The van der Waals surface area contributed by atoms with E-state index in [0.717, 1.165) is 10.9 Å². The van der Waals surface area contributed by atoms with Crippen LogP contribution in [0.15, 0.2) is 11.4 Å². The van der Waals surface area contributed by atoms with Gasteiger partial charge in [0, 0.05) is 4.91 Å². The summed E-state index contributed by atoms with van der Waals surface area (Å²) in [6.45, 7) is -0.914. The largest absolute Gasteiger partial charge is 1.00 e. The average molecular weight is 491 g/mol. The molecule has 3 rings (SSSR count). The number of phosphoric acid groups is 2. The van der Waals surface area contributed by atoms with Crippen molar-refractivity contribution in [1.82, 2.24) is 19.5 Å². The number of nitrogen functional groups attached to an aromatic ring is 1. The van der Waals surface area contributed by atoms with Crippen molar-refractivity contribution >= 4 is 38.6 Å². The van der Waals surface area contributed by atoms with Crippen LogP contribution in [0.3, 0.4) is 0 Å². The number of ether oxygens (including phenoxy) is 1. The molecular formula is C10H14N8NaO10P2+. The van der Waals surface area contributed by atoms with E-state index in [1.54, 1.807) is 0 Å². The summed E-state index contributed by atoms with van der Waals surface area (Å²) in [6.07, 6.45) is -5.27.